The highest BCUT2D eigenvalue weighted by Gasteiger charge is 2.30. The molecule has 0 bridgehead atoms. The summed E-state index contributed by atoms with van der Waals surface area (Å²) in [7, 11) is 0. The lowest BCUT2D eigenvalue weighted by Crippen LogP contribution is -2.58. The van der Waals surface area contributed by atoms with E-state index in [-0.39, 0.29) is 24.3 Å². The molecule has 4 atom stereocenters. The summed E-state index contributed by atoms with van der Waals surface area (Å²) in [4.78, 5) is 53.4. The largest absolute Gasteiger partial charge is 0.480 e. The first-order chi connectivity index (χ1) is 18.2. The number of para-hydroxylation sites is 1. The molecule has 12 heteroatoms. The predicted molar refractivity (Wildman–Crippen MR) is 151 cm³/mol. The zero-order valence-corrected chi connectivity index (χ0v) is 22.3. The second kappa shape index (κ2) is 13.9. The molecule has 0 fully saturated rings. The highest BCUT2D eigenvalue weighted by molar-refractivity contribution is 7.80. The molecule has 1 heterocycles. The van der Waals surface area contributed by atoms with Crippen molar-refractivity contribution in [2.75, 3.05) is 11.5 Å². The van der Waals surface area contributed by atoms with E-state index in [9.17, 15) is 24.3 Å². The smallest absolute Gasteiger partial charge is 0.327 e. The maximum atomic E-state index is 13.1. The van der Waals surface area contributed by atoms with Gasteiger partial charge in [-0.15, -0.1) is 0 Å². The third-order valence-corrected chi connectivity index (χ3v) is 6.71. The number of hydrogen-bond donors (Lipinski definition) is 8. The number of carboxylic acid groups (broad SMARTS) is 1. The van der Waals surface area contributed by atoms with Crippen LogP contribution in [0.1, 0.15) is 11.1 Å². The van der Waals surface area contributed by atoms with Crippen LogP contribution >= 0.6 is 25.3 Å². The zero-order chi connectivity index (χ0) is 27.7. The number of fused-ring (bicyclic) bond motifs is 1. The fourth-order valence-electron chi connectivity index (χ4n) is 3.89. The van der Waals surface area contributed by atoms with Crippen molar-refractivity contribution in [3.8, 4) is 0 Å². The van der Waals surface area contributed by atoms with Gasteiger partial charge in [0.1, 0.15) is 18.1 Å². The number of carboxylic acids is 1. The van der Waals surface area contributed by atoms with Gasteiger partial charge in [0.05, 0.1) is 6.04 Å². The van der Waals surface area contributed by atoms with Crippen molar-refractivity contribution in [2.24, 2.45) is 5.73 Å². The van der Waals surface area contributed by atoms with Gasteiger partial charge in [-0.1, -0.05) is 48.5 Å². The number of rotatable bonds is 13. The van der Waals surface area contributed by atoms with Crippen molar-refractivity contribution in [1.29, 1.82) is 0 Å². The molecule has 202 valence electrons. The summed E-state index contributed by atoms with van der Waals surface area (Å²) < 4.78 is 0. The third kappa shape index (κ3) is 7.76. The molecule has 3 rings (SSSR count). The number of carbonyl (C=O) groups is 4. The van der Waals surface area contributed by atoms with E-state index in [0.29, 0.717) is 0 Å². The summed E-state index contributed by atoms with van der Waals surface area (Å²) >= 11 is 8.17. The average Bonchev–Trinajstić information content (AvgIpc) is 3.32. The highest BCUT2D eigenvalue weighted by Crippen LogP contribution is 2.18. The summed E-state index contributed by atoms with van der Waals surface area (Å²) in [5, 5.41) is 17.8. The Morgan fingerprint density at radius 3 is 2.03 bits per heavy atom. The topological polar surface area (TPSA) is 166 Å². The van der Waals surface area contributed by atoms with Crippen LogP contribution in [0.2, 0.25) is 0 Å². The van der Waals surface area contributed by atoms with Crippen molar-refractivity contribution >= 4 is 59.9 Å². The summed E-state index contributed by atoms with van der Waals surface area (Å²) in [6.07, 6.45) is 2.14. The van der Waals surface area contributed by atoms with Crippen molar-refractivity contribution in [3.63, 3.8) is 0 Å². The van der Waals surface area contributed by atoms with E-state index < -0.39 is 47.9 Å². The molecular weight excluding hydrogens is 526 g/mol. The van der Waals surface area contributed by atoms with Gasteiger partial charge in [-0.2, -0.15) is 25.3 Å². The molecule has 4 unspecified atom stereocenters. The molecular formula is C26H31N5O5S2. The Hall–Kier alpha value is -3.48. The molecule has 7 N–H and O–H groups in total. The number of nitrogens with two attached hydrogens (primary N) is 1. The SMILES string of the molecule is NC(Cc1c[nH]c2ccccc12)C(=O)NC(CS)C(=O)NC(Cc1ccccc1)C(=O)NC(CS)C(=O)O. The zero-order valence-electron chi connectivity index (χ0n) is 20.5. The van der Waals surface area contributed by atoms with E-state index in [4.69, 9.17) is 5.73 Å². The van der Waals surface area contributed by atoms with Gasteiger partial charge in [-0.25, -0.2) is 4.79 Å². The minimum atomic E-state index is -1.25. The number of amides is 3. The number of aromatic amines is 1. The molecule has 0 aliphatic heterocycles. The van der Waals surface area contributed by atoms with Crippen LogP contribution in [0.3, 0.4) is 0 Å². The average molecular weight is 558 g/mol. The van der Waals surface area contributed by atoms with E-state index in [0.717, 1.165) is 22.0 Å². The Morgan fingerprint density at radius 1 is 0.789 bits per heavy atom. The predicted octanol–water partition coefficient (Wildman–Crippen LogP) is 0.679. The van der Waals surface area contributed by atoms with Crippen LogP contribution in [-0.4, -0.2) is 69.5 Å². The quantitative estimate of drug-likeness (QED) is 0.144. The maximum Gasteiger partial charge on any atom is 0.327 e. The van der Waals surface area contributed by atoms with E-state index in [1.807, 2.05) is 30.3 Å². The number of thiol groups is 2. The molecule has 0 aliphatic rings. The highest BCUT2D eigenvalue weighted by atomic mass is 32.1. The van der Waals surface area contributed by atoms with Crippen molar-refractivity contribution in [2.45, 2.75) is 37.0 Å². The molecule has 0 saturated carbocycles. The standard InChI is InChI=1S/C26H31N5O5S2/c27-18(11-16-12-28-19-9-5-4-8-17(16)19)23(32)30-21(13-37)25(34)29-20(10-15-6-2-1-3-7-15)24(33)31-22(14-38)26(35)36/h1-9,12,18,20-22,28,37-38H,10-11,13-14,27H2,(H,29,34)(H,30,32)(H,31,33)(H,35,36). The first kappa shape index (κ1) is 29.1. The summed E-state index contributed by atoms with van der Waals surface area (Å²) in [6, 6.07) is 12.2. The minimum absolute atomic E-state index is 0.0502. The molecule has 38 heavy (non-hydrogen) atoms. The van der Waals surface area contributed by atoms with Gasteiger partial charge in [0, 0.05) is 35.0 Å². The first-order valence-electron chi connectivity index (χ1n) is 11.9. The van der Waals surface area contributed by atoms with Gasteiger partial charge < -0.3 is 31.8 Å². The Bertz CT molecular complexity index is 1270. The summed E-state index contributed by atoms with van der Waals surface area (Å²) in [6.45, 7) is 0. The molecule has 0 spiro atoms. The number of hydrogen-bond acceptors (Lipinski definition) is 7. The van der Waals surface area contributed by atoms with Crippen LogP contribution in [0, 0.1) is 0 Å². The second-order valence-electron chi connectivity index (χ2n) is 8.75. The fourth-order valence-corrected chi connectivity index (χ4v) is 4.40. The molecule has 1 aromatic heterocycles. The van der Waals surface area contributed by atoms with Crippen LogP contribution in [0.4, 0.5) is 0 Å². The lowest BCUT2D eigenvalue weighted by Gasteiger charge is -2.24. The fraction of sp³-hybridized carbons (Fsp3) is 0.308. The number of carbonyl (C=O) groups excluding carboxylic acids is 3. The molecule has 10 nitrogen and oxygen atoms in total. The summed E-state index contributed by atoms with van der Waals surface area (Å²) in [5.41, 5.74) is 8.68. The van der Waals surface area contributed by atoms with Crippen molar-refractivity contribution in [1.82, 2.24) is 20.9 Å². The van der Waals surface area contributed by atoms with Gasteiger partial charge in [0.2, 0.25) is 17.7 Å². The number of aliphatic carboxylic acids is 1. The van der Waals surface area contributed by atoms with Gasteiger partial charge in [0.15, 0.2) is 0 Å². The minimum Gasteiger partial charge on any atom is -0.480 e. The number of nitrogens with one attached hydrogen (secondary N) is 4. The number of benzene rings is 2. The Labute approximate surface area is 230 Å². The molecule has 2 aromatic carbocycles. The Morgan fingerprint density at radius 2 is 1.37 bits per heavy atom. The van der Waals surface area contributed by atoms with Gasteiger partial charge in [-0.3, -0.25) is 14.4 Å². The van der Waals surface area contributed by atoms with Gasteiger partial charge >= 0.3 is 5.97 Å². The van der Waals surface area contributed by atoms with Crippen LogP contribution in [0.5, 0.6) is 0 Å². The van der Waals surface area contributed by atoms with Crippen molar-refractivity contribution < 1.29 is 24.3 Å². The molecule has 3 amide bonds. The molecule has 3 aromatic rings. The Balaban J connectivity index is 1.67. The lowest BCUT2D eigenvalue weighted by atomic mass is 10.0. The van der Waals surface area contributed by atoms with E-state index in [1.54, 1.807) is 30.5 Å². The molecule has 0 saturated heterocycles. The second-order valence-corrected chi connectivity index (χ2v) is 9.48. The van der Waals surface area contributed by atoms with Crippen LogP contribution in [-0.2, 0) is 32.0 Å². The number of aromatic nitrogens is 1. The Kier molecular flexibility index (Phi) is 10.6. The van der Waals surface area contributed by atoms with Gasteiger partial charge in [0.25, 0.3) is 0 Å². The number of H-pyrrole nitrogens is 1. The maximum absolute atomic E-state index is 13.1. The monoisotopic (exact) mass is 557 g/mol. The van der Waals surface area contributed by atoms with Crippen molar-refractivity contribution in [3.05, 3.63) is 71.9 Å². The molecule has 0 aliphatic carbocycles. The van der Waals surface area contributed by atoms with Crippen LogP contribution in [0.25, 0.3) is 10.9 Å². The van der Waals surface area contributed by atoms with Crippen LogP contribution < -0.4 is 21.7 Å². The molecule has 0 radical (unpaired) electrons. The van der Waals surface area contributed by atoms with Crippen LogP contribution in [0.15, 0.2) is 60.8 Å². The normalized spacial score (nSPS) is 14.2. The third-order valence-electron chi connectivity index (χ3n) is 5.98. The summed E-state index contributed by atoms with van der Waals surface area (Å²) in [5.74, 6) is -3.31. The van der Waals surface area contributed by atoms with Gasteiger partial charge in [-0.05, 0) is 23.6 Å². The lowest BCUT2D eigenvalue weighted by molar-refractivity contribution is -0.141. The van der Waals surface area contributed by atoms with E-state index in [1.165, 1.54) is 0 Å². The first-order valence-corrected chi connectivity index (χ1v) is 13.2. The van der Waals surface area contributed by atoms with E-state index in [2.05, 4.69) is 46.2 Å². The van der Waals surface area contributed by atoms with E-state index >= 15 is 0 Å².